The van der Waals surface area contributed by atoms with Gasteiger partial charge in [0.25, 0.3) is 0 Å². The van der Waals surface area contributed by atoms with Crippen LogP contribution in [0.4, 0.5) is 10.5 Å². The smallest absolute Gasteiger partial charge is 0.319 e. The Hall–Kier alpha value is -2.14. The molecule has 0 aliphatic carbocycles. The van der Waals surface area contributed by atoms with E-state index >= 15 is 0 Å². The lowest BCUT2D eigenvalue weighted by Crippen LogP contribution is -2.34. The molecular weight excluding hydrogens is 242 g/mol. The molecule has 1 atom stereocenters. The van der Waals surface area contributed by atoms with E-state index in [-0.39, 0.29) is 12.1 Å². The highest BCUT2D eigenvalue weighted by molar-refractivity contribution is 6.01. The van der Waals surface area contributed by atoms with Crippen LogP contribution in [0.2, 0.25) is 0 Å². The molecule has 5 heteroatoms. The summed E-state index contributed by atoms with van der Waals surface area (Å²) in [4.78, 5) is 15.8. The fraction of sp³-hybridized carbons (Fsp3) is 0.286. The van der Waals surface area contributed by atoms with Crippen LogP contribution in [0.15, 0.2) is 36.7 Å². The van der Waals surface area contributed by atoms with Gasteiger partial charge in [-0.15, -0.1) is 0 Å². The number of rotatable bonds is 4. The first-order chi connectivity index (χ1) is 9.20. The molecule has 2 amide bonds. The van der Waals surface area contributed by atoms with Gasteiger partial charge in [0, 0.05) is 36.8 Å². The Morgan fingerprint density at radius 1 is 1.42 bits per heavy atom. The first-order valence-corrected chi connectivity index (χ1v) is 6.11. The molecule has 1 heterocycles. The third-order valence-electron chi connectivity index (χ3n) is 2.88. The molecule has 0 unspecified atom stereocenters. The van der Waals surface area contributed by atoms with Crippen molar-refractivity contribution in [1.82, 2.24) is 10.3 Å². The van der Waals surface area contributed by atoms with Crippen molar-refractivity contribution in [2.24, 2.45) is 0 Å². The number of benzene rings is 1. The molecule has 19 heavy (non-hydrogen) atoms. The Balaban J connectivity index is 2.07. The van der Waals surface area contributed by atoms with Gasteiger partial charge >= 0.3 is 6.03 Å². The Morgan fingerprint density at radius 3 is 3.05 bits per heavy atom. The standard InChI is InChI=1S/C14H17N3O2/c1-10(19-2)8-16-14(18)17-13-5-3-4-11-9-15-7-6-12(11)13/h3-7,9-10H,8H2,1-2H3,(H2,16,17,18)/t10-/m1/s1. The van der Waals surface area contributed by atoms with Crippen LogP contribution in [0, 0.1) is 0 Å². The summed E-state index contributed by atoms with van der Waals surface area (Å²) in [5.41, 5.74) is 0.766. The molecule has 1 aromatic carbocycles. The normalized spacial score (nSPS) is 12.1. The Bertz CT molecular complexity index is 566. The van der Waals surface area contributed by atoms with Gasteiger partial charge in [0.15, 0.2) is 0 Å². The van der Waals surface area contributed by atoms with Crippen molar-refractivity contribution in [2.45, 2.75) is 13.0 Å². The Labute approximate surface area is 112 Å². The van der Waals surface area contributed by atoms with Crippen molar-refractivity contribution in [3.8, 4) is 0 Å². The van der Waals surface area contributed by atoms with Crippen LogP contribution in [0.5, 0.6) is 0 Å². The number of ether oxygens (including phenoxy) is 1. The van der Waals surface area contributed by atoms with Crippen molar-refractivity contribution in [2.75, 3.05) is 19.0 Å². The molecule has 0 bridgehead atoms. The number of hydrogen-bond donors (Lipinski definition) is 2. The topological polar surface area (TPSA) is 63.2 Å². The second-order valence-corrected chi connectivity index (χ2v) is 4.28. The van der Waals surface area contributed by atoms with Crippen LogP contribution >= 0.6 is 0 Å². The molecule has 2 aromatic rings. The molecule has 0 aliphatic heterocycles. The fourth-order valence-electron chi connectivity index (χ4n) is 1.72. The van der Waals surface area contributed by atoms with Crippen molar-refractivity contribution in [3.63, 3.8) is 0 Å². The van der Waals surface area contributed by atoms with Crippen LogP contribution in [-0.4, -0.2) is 30.8 Å². The number of pyridine rings is 1. The number of methoxy groups -OCH3 is 1. The minimum Gasteiger partial charge on any atom is -0.380 e. The maximum atomic E-state index is 11.8. The van der Waals surface area contributed by atoms with E-state index in [9.17, 15) is 4.79 Å². The number of nitrogens with zero attached hydrogens (tertiary/aromatic N) is 1. The number of amides is 2. The van der Waals surface area contributed by atoms with Crippen LogP contribution < -0.4 is 10.6 Å². The average Bonchev–Trinajstić information content (AvgIpc) is 2.45. The average molecular weight is 259 g/mol. The highest BCUT2D eigenvalue weighted by atomic mass is 16.5. The number of aromatic nitrogens is 1. The van der Waals surface area contributed by atoms with E-state index in [2.05, 4.69) is 15.6 Å². The number of hydrogen-bond acceptors (Lipinski definition) is 3. The first kappa shape index (κ1) is 13.3. The predicted molar refractivity (Wildman–Crippen MR) is 75.2 cm³/mol. The van der Waals surface area contributed by atoms with Gasteiger partial charge in [-0.3, -0.25) is 4.98 Å². The van der Waals surface area contributed by atoms with E-state index in [1.54, 1.807) is 19.5 Å². The van der Waals surface area contributed by atoms with Crippen LogP contribution in [-0.2, 0) is 4.74 Å². The molecule has 100 valence electrons. The highest BCUT2D eigenvalue weighted by Gasteiger charge is 2.06. The Kier molecular flexibility index (Phi) is 4.30. The van der Waals surface area contributed by atoms with E-state index in [0.29, 0.717) is 6.54 Å². The first-order valence-electron chi connectivity index (χ1n) is 6.11. The molecule has 0 saturated carbocycles. The second kappa shape index (κ2) is 6.15. The largest absolute Gasteiger partial charge is 0.380 e. The lowest BCUT2D eigenvalue weighted by molar-refractivity contribution is 0.119. The summed E-state index contributed by atoms with van der Waals surface area (Å²) in [6, 6.07) is 7.34. The third-order valence-corrected chi connectivity index (χ3v) is 2.88. The predicted octanol–water partition coefficient (Wildman–Crippen LogP) is 2.39. The zero-order valence-electron chi connectivity index (χ0n) is 11.0. The molecule has 1 aromatic heterocycles. The van der Waals surface area contributed by atoms with Gasteiger partial charge in [-0.05, 0) is 19.1 Å². The summed E-state index contributed by atoms with van der Waals surface area (Å²) < 4.78 is 5.07. The number of carbonyl (C=O) groups excluding carboxylic acids is 1. The SMILES string of the molecule is CO[C@H](C)CNC(=O)Nc1cccc2cnccc12. The number of urea groups is 1. The molecular formula is C14H17N3O2. The zero-order chi connectivity index (χ0) is 13.7. The molecule has 2 rings (SSSR count). The minimum absolute atomic E-state index is 0.0116. The molecule has 2 N–H and O–H groups in total. The molecule has 0 aliphatic rings. The van der Waals surface area contributed by atoms with Gasteiger partial charge in [-0.1, -0.05) is 12.1 Å². The molecule has 5 nitrogen and oxygen atoms in total. The summed E-state index contributed by atoms with van der Waals surface area (Å²) >= 11 is 0. The van der Waals surface area contributed by atoms with Crippen molar-refractivity contribution in [1.29, 1.82) is 0 Å². The van der Waals surface area contributed by atoms with E-state index in [0.717, 1.165) is 16.5 Å². The van der Waals surface area contributed by atoms with Crippen molar-refractivity contribution >= 4 is 22.5 Å². The number of anilines is 1. The quantitative estimate of drug-likeness (QED) is 0.886. The van der Waals surface area contributed by atoms with E-state index in [4.69, 9.17) is 4.74 Å². The summed E-state index contributed by atoms with van der Waals surface area (Å²) in [6.07, 6.45) is 3.46. The van der Waals surface area contributed by atoms with E-state index in [1.807, 2.05) is 31.2 Å². The van der Waals surface area contributed by atoms with Gasteiger partial charge in [0.05, 0.1) is 11.8 Å². The monoisotopic (exact) mass is 259 g/mol. The summed E-state index contributed by atoms with van der Waals surface area (Å²) in [6.45, 7) is 2.36. The minimum atomic E-state index is -0.242. The zero-order valence-corrected chi connectivity index (χ0v) is 11.0. The molecule has 0 radical (unpaired) electrons. The maximum Gasteiger partial charge on any atom is 0.319 e. The summed E-state index contributed by atoms with van der Waals surface area (Å²) in [5, 5.41) is 7.54. The lowest BCUT2D eigenvalue weighted by Gasteiger charge is -2.12. The van der Waals surface area contributed by atoms with Crippen LogP contribution in [0.3, 0.4) is 0 Å². The van der Waals surface area contributed by atoms with Crippen LogP contribution in [0.25, 0.3) is 10.8 Å². The maximum absolute atomic E-state index is 11.8. The fourth-order valence-corrected chi connectivity index (χ4v) is 1.72. The lowest BCUT2D eigenvalue weighted by atomic mass is 10.1. The van der Waals surface area contributed by atoms with Crippen molar-refractivity contribution in [3.05, 3.63) is 36.7 Å². The molecule has 0 spiro atoms. The highest BCUT2D eigenvalue weighted by Crippen LogP contribution is 2.21. The molecule has 0 fully saturated rings. The van der Waals surface area contributed by atoms with Crippen LogP contribution in [0.1, 0.15) is 6.92 Å². The van der Waals surface area contributed by atoms with Crippen molar-refractivity contribution < 1.29 is 9.53 Å². The number of fused-ring (bicyclic) bond motifs is 1. The number of nitrogens with one attached hydrogen (secondary N) is 2. The van der Waals surface area contributed by atoms with E-state index < -0.39 is 0 Å². The van der Waals surface area contributed by atoms with Gasteiger partial charge in [0.1, 0.15) is 0 Å². The van der Waals surface area contributed by atoms with Gasteiger partial charge in [-0.2, -0.15) is 0 Å². The summed E-state index contributed by atoms with van der Waals surface area (Å²) in [5.74, 6) is 0. The van der Waals surface area contributed by atoms with Gasteiger partial charge < -0.3 is 15.4 Å². The second-order valence-electron chi connectivity index (χ2n) is 4.28. The van der Waals surface area contributed by atoms with E-state index in [1.165, 1.54) is 0 Å². The Morgan fingerprint density at radius 2 is 2.26 bits per heavy atom. The molecule has 0 saturated heterocycles. The number of carbonyl (C=O) groups is 1. The van der Waals surface area contributed by atoms with Gasteiger partial charge in [0.2, 0.25) is 0 Å². The van der Waals surface area contributed by atoms with Gasteiger partial charge in [-0.25, -0.2) is 4.79 Å². The third kappa shape index (κ3) is 3.42. The summed E-state index contributed by atoms with van der Waals surface area (Å²) in [7, 11) is 1.61.